The molecule has 3 heterocycles. The molecular weight excluding hydrogens is 561 g/mol. The molecule has 2 aromatic heterocycles. The number of carbonyl (C=O) groups excluding carboxylic acids is 1. The quantitative estimate of drug-likeness (QED) is 0.238. The number of rotatable bonds is 8. The highest BCUT2D eigenvalue weighted by molar-refractivity contribution is 7.18. The smallest absolute Gasteiger partial charge is 0.366 e. The lowest BCUT2D eigenvalue weighted by molar-refractivity contribution is -0.138. The molecule has 2 fully saturated rings. The molecule has 2 aliphatic rings. The molecule has 42 heavy (non-hydrogen) atoms. The highest BCUT2D eigenvalue weighted by atomic mass is 32.1. The Morgan fingerprint density at radius 1 is 1.02 bits per heavy atom. The third-order valence-corrected chi connectivity index (χ3v) is 9.02. The van der Waals surface area contributed by atoms with E-state index in [1.54, 1.807) is 35.9 Å². The van der Waals surface area contributed by atoms with E-state index in [1.807, 2.05) is 23.3 Å². The van der Waals surface area contributed by atoms with Crippen molar-refractivity contribution in [2.45, 2.75) is 45.5 Å². The number of nitrogens with one attached hydrogen (secondary N) is 2. The number of likely N-dealkylation sites (N-methyl/N-ethyl adjacent to an activating group) is 1. The van der Waals surface area contributed by atoms with Crippen LogP contribution in [-0.2, 0) is 12.7 Å². The summed E-state index contributed by atoms with van der Waals surface area (Å²) in [6, 6.07) is 9.84. The number of aromatic nitrogens is 2. The van der Waals surface area contributed by atoms with Crippen LogP contribution in [0.5, 0.6) is 0 Å². The van der Waals surface area contributed by atoms with Gasteiger partial charge in [-0.3, -0.25) is 9.69 Å². The normalized spacial score (nSPS) is 16.6. The molecule has 220 valence electrons. The maximum atomic E-state index is 14.1. The molecule has 0 radical (unpaired) electrons. The lowest BCUT2D eigenvalue weighted by Gasteiger charge is -2.34. The number of amides is 1. The standard InChI is InChI=1S/C31H33F3N6OS/c1-3-39-10-12-40(13-11-39)16-21-6-7-23(15-26(21)31(32,33)34)38-30(41)20-5-4-19(2)24(14-20)25-17-42-28-27(25)35-18-36-29(28)37-22-8-9-22/h4-7,14-15,17-18,22H,3,8-13,16H2,1-2H3,(H,38,41)(H,35,36,37). The number of hydrogen-bond acceptors (Lipinski definition) is 7. The molecule has 1 aliphatic carbocycles. The number of aryl methyl sites for hydroxylation is 1. The summed E-state index contributed by atoms with van der Waals surface area (Å²) in [6.45, 7) is 8.35. The minimum atomic E-state index is -4.53. The number of hydrogen-bond donors (Lipinski definition) is 2. The fourth-order valence-corrected chi connectivity index (χ4v) is 6.35. The molecule has 0 atom stereocenters. The van der Waals surface area contributed by atoms with Crippen molar-refractivity contribution in [3.8, 4) is 11.1 Å². The van der Waals surface area contributed by atoms with Gasteiger partial charge in [-0.25, -0.2) is 9.97 Å². The minimum absolute atomic E-state index is 0.110. The average Bonchev–Trinajstić information content (AvgIpc) is 3.69. The first kappa shape index (κ1) is 28.6. The predicted molar refractivity (Wildman–Crippen MR) is 161 cm³/mol. The fraction of sp³-hybridized carbons (Fsp3) is 0.387. The van der Waals surface area contributed by atoms with Gasteiger partial charge in [-0.05, 0) is 67.3 Å². The molecule has 1 amide bonds. The second kappa shape index (κ2) is 11.6. The molecule has 0 spiro atoms. The van der Waals surface area contributed by atoms with Crippen LogP contribution >= 0.6 is 11.3 Å². The first-order valence-corrected chi connectivity index (χ1v) is 15.1. The van der Waals surface area contributed by atoms with Crippen molar-refractivity contribution in [3.05, 3.63) is 70.4 Å². The summed E-state index contributed by atoms with van der Waals surface area (Å²) in [6.07, 6.45) is -0.733. The van der Waals surface area contributed by atoms with Crippen LogP contribution in [0.25, 0.3) is 21.3 Å². The highest BCUT2D eigenvalue weighted by Crippen LogP contribution is 2.39. The van der Waals surface area contributed by atoms with Crippen molar-refractivity contribution in [2.24, 2.45) is 0 Å². The lowest BCUT2D eigenvalue weighted by atomic mass is 9.99. The van der Waals surface area contributed by atoms with Crippen molar-refractivity contribution in [3.63, 3.8) is 0 Å². The van der Waals surface area contributed by atoms with Crippen LogP contribution in [0.4, 0.5) is 24.7 Å². The van der Waals surface area contributed by atoms with Crippen molar-refractivity contribution in [2.75, 3.05) is 43.4 Å². The Kier molecular flexibility index (Phi) is 7.91. The molecule has 1 saturated carbocycles. The number of alkyl halides is 3. The number of thiophene rings is 1. The molecule has 0 bridgehead atoms. The number of anilines is 2. The number of benzene rings is 2. The first-order valence-electron chi connectivity index (χ1n) is 14.3. The summed E-state index contributed by atoms with van der Waals surface area (Å²) >= 11 is 1.55. The van der Waals surface area contributed by atoms with Crippen LogP contribution < -0.4 is 10.6 Å². The van der Waals surface area contributed by atoms with Crippen molar-refractivity contribution in [1.82, 2.24) is 19.8 Å². The van der Waals surface area contributed by atoms with Crippen LogP contribution in [0, 0.1) is 6.92 Å². The Labute approximate surface area is 246 Å². The van der Waals surface area contributed by atoms with Crippen LogP contribution in [0.3, 0.4) is 0 Å². The van der Waals surface area contributed by atoms with Gasteiger partial charge in [-0.1, -0.05) is 19.1 Å². The van der Waals surface area contributed by atoms with E-state index in [-0.39, 0.29) is 17.8 Å². The third-order valence-electron chi connectivity index (χ3n) is 8.04. The molecule has 2 aromatic carbocycles. The highest BCUT2D eigenvalue weighted by Gasteiger charge is 2.34. The van der Waals surface area contributed by atoms with Gasteiger partial charge in [0, 0.05) is 61.0 Å². The molecule has 11 heteroatoms. The molecular formula is C31H33F3N6OS. The Balaban J connectivity index is 1.23. The zero-order valence-corrected chi connectivity index (χ0v) is 24.4. The molecule has 1 aliphatic heterocycles. The topological polar surface area (TPSA) is 73.4 Å². The average molecular weight is 595 g/mol. The van der Waals surface area contributed by atoms with Gasteiger partial charge in [0.15, 0.2) is 0 Å². The summed E-state index contributed by atoms with van der Waals surface area (Å²) in [5.41, 5.74) is 3.47. The van der Waals surface area contributed by atoms with E-state index in [4.69, 9.17) is 0 Å². The van der Waals surface area contributed by atoms with Gasteiger partial charge >= 0.3 is 6.18 Å². The number of carbonyl (C=O) groups is 1. The maximum Gasteiger partial charge on any atom is 0.416 e. The molecule has 4 aromatic rings. The van der Waals surface area contributed by atoms with E-state index < -0.39 is 17.6 Å². The molecule has 7 nitrogen and oxygen atoms in total. The molecule has 6 rings (SSSR count). The van der Waals surface area contributed by atoms with Gasteiger partial charge < -0.3 is 15.5 Å². The second-order valence-electron chi connectivity index (χ2n) is 11.0. The fourth-order valence-electron chi connectivity index (χ4n) is 5.38. The van der Waals surface area contributed by atoms with Crippen molar-refractivity contribution >= 4 is 39.0 Å². The number of fused-ring (bicyclic) bond motifs is 1. The summed E-state index contributed by atoms with van der Waals surface area (Å²) in [4.78, 5) is 26.6. The van der Waals surface area contributed by atoms with E-state index in [0.29, 0.717) is 11.6 Å². The first-order chi connectivity index (χ1) is 20.2. The molecule has 1 saturated heterocycles. The van der Waals surface area contributed by atoms with Crippen LogP contribution in [0.15, 0.2) is 48.1 Å². The maximum absolute atomic E-state index is 14.1. The largest absolute Gasteiger partial charge is 0.416 e. The second-order valence-corrected chi connectivity index (χ2v) is 11.9. The van der Waals surface area contributed by atoms with E-state index in [9.17, 15) is 18.0 Å². The van der Waals surface area contributed by atoms with Crippen molar-refractivity contribution < 1.29 is 18.0 Å². The Morgan fingerprint density at radius 3 is 2.50 bits per heavy atom. The monoisotopic (exact) mass is 594 g/mol. The van der Waals surface area contributed by atoms with E-state index in [2.05, 4.69) is 32.4 Å². The Morgan fingerprint density at radius 2 is 1.79 bits per heavy atom. The summed E-state index contributed by atoms with van der Waals surface area (Å²) in [5, 5.41) is 8.15. The van der Waals surface area contributed by atoms with Crippen LogP contribution in [0.1, 0.15) is 46.8 Å². The SMILES string of the molecule is CCN1CCN(Cc2ccc(NC(=O)c3ccc(C)c(-c4csc5c(NC6CC6)ncnc45)c3)cc2C(F)(F)F)CC1. The van der Waals surface area contributed by atoms with E-state index >= 15 is 0 Å². The van der Waals surface area contributed by atoms with Gasteiger partial charge in [0.25, 0.3) is 5.91 Å². The molecule has 0 unspecified atom stereocenters. The molecule has 2 N–H and O–H groups in total. The summed E-state index contributed by atoms with van der Waals surface area (Å²) < 4.78 is 43.2. The van der Waals surface area contributed by atoms with Gasteiger partial charge in [0.1, 0.15) is 12.1 Å². The van der Waals surface area contributed by atoms with Gasteiger partial charge in [0.2, 0.25) is 0 Å². The number of halogens is 3. The van der Waals surface area contributed by atoms with Gasteiger partial charge in [-0.15, -0.1) is 11.3 Å². The number of nitrogens with zero attached hydrogens (tertiary/aromatic N) is 4. The Hall–Kier alpha value is -3.54. The van der Waals surface area contributed by atoms with Crippen LogP contribution in [-0.4, -0.2) is 64.4 Å². The van der Waals surface area contributed by atoms with Gasteiger partial charge in [-0.2, -0.15) is 13.2 Å². The van der Waals surface area contributed by atoms with E-state index in [0.717, 1.165) is 84.4 Å². The van der Waals surface area contributed by atoms with E-state index in [1.165, 1.54) is 6.07 Å². The minimum Gasteiger partial charge on any atom is -0.366 e. The number of piperazine rings is 1. The van der Waals surface area contributed by atoms with Gasteiger partial charge in [0.05, 0.1) is 15.8 Å². The third kappa shape index (κ3) is 6.13. The van der Waals surface area contributed by atoms with Crippen LogP contribution in [0.2, 0.25) is 0 Å². The zero-order chi connectivity index (χ0) is 29.4. The van der Waals surface area contributed by atoms with Crippen molar-refractivity contribution in [1.29, 1.82) is 0 Å². The summed E-state index contributed by atoms with van der Waals surface area (Å²) in [7, 11) is 0. The predicted octanol–water partition coefficient (Wildman–Crippen LogP) is 6.65. The Bertz CT molecular complexity index is 1610. The summed E-state index contributed by atoms with van der Waals surface area (Å²) in [5.74, 6) is 0.343. The lowest BCUT2D eigenvalue weighted by Crippen LogP contribution is -2.45. The zero-order valence-electron chi connectivity index (χ0n) is 23.6.